The minimum Gasteiger partial charge on any atom is -0.497 e. The molecule has 0 fully saturated rings. The van der Waals surface area contributed by atoms with Gasteiger partial charge in [-0.25, -0.2) is 4.39 Å². The first-order valence-electron chi connectivity index (χ1n) is 21.7. The summed E-state index contributed by atoms with van der Waals surface area (Å²) in [6, 6.07) is 72.8. The Morgan fingerprint density at radius 3 is 1.78 bits per heavy atom. The van der Waals surface area contributed by atoms with Crippen molar-refractivity contribution in [3.8, 4) is 44.1 Å². The van der Waals surface area contributed by atoms with E-state index in [2.05, 4.69) is 185 Å². The molecule has 0 aliphatic carbocycles. The van der Waals surface area contributed by atoms with Crippen molar-refractivity contribution in [2.24, 2.45) is 0 Å². The van der Waals surface area contributed by atoms with Crippen molar-refractivity contribution in [3.05, 3.63) is 212 Å². The maximum absolute atomic E-state index is 14.3. The van der Waals surface area contributed by atoms with Crippen LogP contribution in [-0.4, -0.2) is 11.7 Å². The fourth-order valence-electron chi connectivity index (χ4n) is 9.81. The van der Waals surface area contributed by atoms with Crippen molar-refractivity contribution >= 4 is 103 Å². The van der Waals surface area contributed by atoms with Crippen LogP contribution in [0.2, 0.25) is 0 Å². The molecular formula is C59H37FN2OS2. The molecule has 65 heavy (non-hydrogen) atoms. The molecule has 3 nitrogen and oxygen atoms in total. The largest absolute Gasteiger partial charge is 0.497 e. The zero-order chi connectivity index (χ0) is 43.2. The van der Waals surface area contributed by atoms with Gasteiger partial charge in [0.2, 0.25) is 0 Å². The summed E-state index contributed by atoms with van der Waals surface area (Å²) in [6.45, 7) is 0. The lowest BCUT2D eigenvalue weighted by atomic mass is 9.91. The van der Waals surface area contributed by atoms with Crippen molar-refractivity contribution in [2.75, 3.05) is 12.0 Å². The lowest BCUT2D eigenvalue weighted by Gasteiger charge is -2.24. The highest BCUT2D eigenvalue weighted by molar-refractivity contribution is 7.31. The number of nitrogens with zero attached hydrogens (tertiary/aromatic N) is 2. The Bertz CT molecular complexity index is 3850. The van der Waals surface area contributed by atoms with Crippen molar-refractivity contribution in [1.82, 2.24) is 4.57 Å². The molecule has 13 rings (SSSR count). The van der Waals surface area contributed by atoms with E-state index in [1.54, 1.807) is 30.6 Å². The SMILES string of the molecule is COc1ccc2c(c1)c1ccc(-c3cc4sc(N(c5ccc(-c6cccc(F)c6)cc5)c5ccc(-c6cc7ccc8cccc9ccc(c6)c7c89)cc5)cc4s3)cc1n2-c1ccccc1. The van der Waals surface area contributed by atoms with Crippen LogP contribution >= 0.6 is 22.7 Å². The van der Waals surface area contributed by atoms with E-state index in [4.69, 9.17) is 4.74 Å². The third kappa shape index (κ3) is 6.28. The molecule has 0 aliphatic heterocycles. The van der Waals surface area contributed by atoms with Crippen LogP contribution in [0.4, 0.5) is 20.8 Å². The van der Waals surface area contributed by atoms with E-state index in [1.165, 1.54) is 80.1 Å². The van der Waals surface area contributed by atoms with E-state index in [0.29, 0.717) is 0 Å². The quantitative estimate of drug-likeness (QED) is 0.142. The van der Waals surface area contributed by atoms with Crippen molar-refractivity contribution in [3.63, 3.8) is 0 Å². The fraction of sp³-hybridized carbons (Fsp3) is 0.0169. The Labute approximate surface area is 382 Å². The summed E-state index contributed by atoms with van der Waals surface area (Å²) in [6.07, 6.45) is 0. The van der Waals surface area contributed by atoms with Gasteiger partial charge in [0.05, 0.1) is 18.1 Å². The number of para-hydroxylation sites is 1. The van der Waals surface area contributed by atoms with E-state index in [0.717, 1.165) is 50.0 Å². The second-order valence-electron chi connectivity index (χ2n) is 16.7. The second kappa shape index (κ2) is 14.9. The molecule has 3 heterocycles. The summed E-state index contributed by atoms with van der Waals surface area (Å²) < 4.78 is 24.7. The Kier molecular flexibility index (Phi) is 8.66. The number of aromatic nitrogens is 1. The molecule has 0 radical (unpaired) electrons. The number of halogens is 1. The Balaban J connectivity index is 0.892. The second-order valence-corrected chi connectivity index (χ2v) is 18.8. The van der Waals surface area contributed by atoms with Gasteiger partial charge in [-0.15, -0.1) is 22.7 Å². The summed E-state index contributed by atoms with van der Waals surface area (Å²) in [5.41, 5.74) is 10.9. The highest BCUT2D eigenvalue weighted by Crippen LogP contribution is 2.48. The molecule has 0 atom stereocenters. The summed E-state index contributed by atoms with van der Waals surface area (Å²) >= 11 is 3.62. The molecule has 0 spiro atoms. The van der Waals surface area contributed by atoms with Gasteiger partial charge in [0.25, 0.3) is 0 Å². The number of hydrogen-bond acceptors (Lipinski definition) is 4. The van der Waals surface area contributed by atoms with Crippen LogP contribution in [0.15, 0.2) is 206 Å². The average molecular weight is 873 g/mol. The first kappa shape index (κ1) is 37.8. The topological polar surface area (TPSA) is 17.4 Å². The minimum absolute atomic E-state index is 0.240. The van der Waals surface area contributed by atoms with Crippen LogP contribution in [0, 0.1) is 5.82 Å². The van der Waals surface area contributed by atoms with Gasteiger partial charge in [0.1, 0.15) is 16.6 Å². The number of fused-ring (bicyclic) bond motifs is 4. The first-order valence-corrected chi connectivity index (χ1v) is 23.3. The standard InChI is InChI=1S/C59H37FN2OS2/c1-63-49-26-28-52-51(33-49)50-27-21-41(32-53(50)62(52)46-11-3-2-4-12-46)54-34-55-56(64-54)35-57(65-55)61(47-22-17-36(18-23-47)40-9-6-10-45(60)31-40)48-24-19-37(20-25-48)44-29-42-15-13-38-7-5-8-39-14-16-43(30-44)59(42)58(38)39/h2-35H,1H3. The molecule has 3 aromatic heterocycles. The predicted molar refractivity (Wildman–Crippen MR) is 275 cm³/mol. The molecule has 0 aliphatic rings. The molecule has 0 bridgehead atoms. The van der Waals surface area contributed by atoms with E-state index in [-0.39, 0.29) is 5.82 Å². The van der Waals surface area contributed by atoms with Crippen molar-refractivity contribution in [2.45, 2.75) is 0 Å². The van der Waals surface area contributed by atoms with E-state index in [9.17, 15) is 4.39 Å². The monoisotopic (exact) mass is 872 g/mol. The summed E-state index contributed by atoms with van der Waals surface area (Å²) in [4.78, 5) is 3.57. The van der Waals surface area contributed by atoms with Crippen LogP contribution < -0.4 is 9.64 Å². The highest BCUT2D eigenvalue weighted by atomic mass is 32.1. The number of ether oxygens (including phenoxy) is 1. The van der Waals surface area contributed by atoms with E-state index < -0.39 is 0 Å². The summed E-state index contributed by atoms with van der Waals surface area (Å²) in [7, 11) is 1.72. The van der Waals surface area contributed by atoms with E-state index >= 15 is 0 Å². The highest BCUT2D eigenvalue weighted by Gasteiger charge is 2.20. The number of benzene rings is 10. The van der Waals surface area contributed by atoms with Crippen LogP contribution in [-0.2, 0) is 0 Å². The number of anilines is 3. The normalized spacial score (nSPS) is 11.8. The lowest BCUT2D eigenvalue weighted by Crippen LogP contribution is -2.08. The zero-order valence-electron chi connectivity index (χ0n) is 35.1. The number of thiophene rings is 2. The van der Waals surface area contributed by atoms with Gasteiger partial charge in [-0.1, -0.05) is 109 Å². The molecule has 0 saturated heterocycles. The third-order valence-electron chi connectivity index (χ3n) is 12.9. The molecule has 0 N–H and O–H groups in total. The predicted octanol–water partition coefficient (Wildman–Crippen LogP) is 17.6. The molecule has 6 heteroatoms. The van der Waals surface area contributed by atoms with Crippen molar-refractivity contribution in [1.29, 1.82) is 0 Å². The maximum atomic E-state index is 14.3. The zero-order valence-corrected chi connectivity index (χ0v) is 36.8. The molecule has 10 aromatic carbocycles. The number of methoxy groups -OCH3 is 1. The third-order valence-corrected chi connectivity index (χ3v) is 15.2. The van der Waals surface area contributed by atoms with Crippen LogP contribution in [0.25, 0.3) is 102 Å². The average Bonchev–Trinajstić information content (AvgIpc) is 4.04. The van der Waals surface area contributed by atoms with Gasteiger partial charge in [0.15, 0.2) is 0 Å². The van der Waals surface area contributed by atoms with Gasteiger partial charge in [-0.3, -0.25) is 0 Å². The van der Waals surface area contributed by atoms with Crippen molar-refractivity contribution < 1.29 is 9.13 Å². The van der Waals surface area contributed by atoms with Gasteiger partial charge in [-0.05, 0) is 157 Å². The van der Waals surface area contributed by atoms with Gasteiger partial charge < -0.3 is 14.2 Å². The molecule has 0 amide bonds. The fourth-order valence-corrected chi connectivity index (χ4v) is 12.2. The molecule has 308 valence electrons. The molecule has 0 saturated carbocycles. The number of rotatable bonds is 8. The summed E-state index contributed by atoms with van der Waals surface area (Å²) in [5.74, 6) is 0.606. The van der Waals surface area contributed by atoms with E-state index in [1.807, 2.05) is 23.5 Å². The van der Waals surface area contributed by atoms with Crippen LogP contribution in [0.3, 0.4) is 0 Å². The molecule has 0 unspecified atom stereocenters. The first-order chi connectivity index (χ1) is 32.0. The van der Waals surface area contributed by atoms with Crippen LogP contribution in [0.1, 0.15) is 0 Å². The maximum Gasteiger partial charge on any atom is 0.123 e. The Morgan fingerprint density at radius 2 is 1.09 bits per heavy atom. The van der Waals surface area contributed by atoms with Gasteiger partial charge in [-0.2, -0.15) is 0 Å². The lowest BCUT2D eigenvalue weighted by molar-refractivity contribution is 0.415. The number of hydrogen-bond donors (Lipinski definition) is 0. The Morgan fingerprint density at radius 1 is 0.446 bits per heavy atom. The van der Waals surface area contributed by atoms with Gasteiger partial charge >= 0.3 is 0 Å². The Hall–Kier alpha value is -7.77. The molecular weight excluding hydrogens is 836 g/mol. The minimum atomic E-state index is -0.240. The smallest absolute Gasteiger partial charge is 0.123 e. The summed E-state index contributed by atoms with van der Waals surface area (Å²) in [5, 5.41) is 11.2. The van der Waals surface area contributed by atoms with Crippen LogP contribution in [0.5, 0.6) is 5.75 Å². The molecule has 13 aromatic rings. The van der Waals surface area contributed by atoms with Gasteiger partial charge in [0, 0.05) is 42.1 Å².